The molecule has 0 amide bonds. The second-order valence-electron chi connectivity index (χ2n) is 12.2. The highest BCUT2D eigenvalue weighted by Gasteiger charge is 2.23. The Morgan fingerprint density at radius 1 is 1.13 bits per heavy atom. The predicted molar refractivity (Wildman–Crippen MR) is 201 cm³/mol. The van der Waals surface area contributed by atoms with E-state index < -0.39 is 0 Å². The lowest BCUT2D eigenvalue weighted by Crippen LogP contribution is -2.46. The number of nitrogens with zero attached hydrogens (tertiary/aromatic N) is 7. The van der Waals surface area contributed by atoms with E-state index in [0.29, 0.717) is 4.91 Å². The van der Waals surface area contributed by atoms with Gasteiger partial charge >= 0.3 is 0 Å². The third-order valence-electron chi connectivity index (χ3n) is 8.48. The summed E-state index contributed by atoms with van der Waals surface area (Å²) < 4.78 is 2.20. The number of piperazine rings is 1. The number of likely N-dealkylation sites (tertiary alicyclic amines) is 1. The second kappa shape index (κ2) is 17.4. The van der Waals surface area contributed by atoms with Crippen molar-refractivity contribution in [3.8, 4) is 6.07 Å². The molecule has 8 heteroatoms. The zero-order valence-corrected chi connectivity index (χ0v) is 30.5. The van der Waals surface area contributed by atoms with E-state index in [4.69, 9.17) is 4.98 Å². The van der Waals surface area contributed by atoms with Crippen molar-refractivity contribution in [2.45, 2.75) is 54.9 Å². The van der Waals surface area contributed by atoms with Gasteiger partial charge in [0.2, 0.25) is 0 Å². The Morgan fingerprint density at radius 2 is 1.76 bits per heavy atom. The number of hydrogen-bond donors (Lipinski definition) is 0. The van der Waals surface area contributed by atoms with Crippen molar-refractivity contribution in [1.29, 1.82) is 5.26 Å². The SMILES string of the molecule is C=CCN1CCN(c2cc(C)c3nc(CC)c(N(C)C(=C)S/C(C#N)=C(\C)c4ccc(C)cc4)n3c2)CC1.CC.CC1CN(C)C1. The van der Waals surface area contributed by atoms with E-state index in [1.807, 2.05) is 33.9 Å². The van der Waals surface area contributed by atoms with E-state index in [9.17, 15) is 5.26 Å². The lowest BCUT2D eigenvalue weighted by atomic mass is 10.1. The van der Waals surface area contributed by atoms with Crippen molar-refractivity contribution >= 4 is 34.5 Å². The summed E-state index contributed by atoms with van der Waals surface area (Å²) in [6.07, 6.45) is 4.99. The number of benzene rings is 1. The van der Waals surface area contributed by atoms with Crippen molar-refractivity contribution in [2.75, 3.05) is 69.7 Å². The molecular formula is C38H55N7S. The number of rotatable bonds is 9. The quantitative estimate of drug-likeness (QED) is 0.173. The van der Waals surface area contributed by atoms with Crippen LogP contribution in [-0.2, 0) is 6.42 Å². The molecule has 0 bridgehead atoms. The third-order valence-corrected chi connectivity index (χ3v) is 9.59. The van der Waals surface area contributed by atoms with Crippen molar-refractivity contribution in [3.63, 3.8) is 0 Å². The summed E-state index contributed by atoms with van der Waals surface area (Å²) >= 11 is 1.41. The first-order valence-electron chi connectivity index (χ1n) is 16.6. The maximum Gasteiger partial charge on any atom is 0.141 e. The van der Waals surface area contributed by atoms with Crippen LogP contribution in [0, 0.1) is 31.1 Å². The fourth-order valence-electron chi connectivity index (χ4n) is 5.90. The average Bonchev–Trinajstić information content (AvgIpc) is 3.43. The molecule has 0 unspecified atom stereocenters. The van der Waals surface area contributed by atoms with E-state index in [0.717, 1.165) is 84.0 Å². The van der Waals surface area contributed by atoms with Gasteiger partial charge in [-0.15, -0.1) is 6.58 Å². The summed E-state index contributed by atoms with van der Waals surface area (Å²) in [5, 5.41) is 10.8. The molecule has 0 atom stereocenters. The fraction of sp³-hybridized carbons (Fsp3) is 0.474. The van der Waals surface area contributed by atoms with Crippen LogP contribution in [0.15, 0.2) is 65.7 Å². The van der Waals surface area contributed by atoms with Crippen molar-refractivity contribution in [3.05, 3.63) is 88.1 Å². The first kappa shape index (κ1) is 37.0. The minimum atomic E-state index is 0.645. The molecule has 2 fully saturated rings. The molecule has 0 aliphatic carbocycles. The fourth-order valence-corrected chi connectivity index (χ4v) is 6.67. The van der Waals surface area contributed by atoms with Gasteiger partial charge in [-0.1, -0.05) is 81.9 Å². The standard InChI is InChI=1S/C31H38N6S.C5H11N.C2H6/c1-8-14-35-15-17-36(18-16-35)27-19-23(4)30-33-28(9-2)31(37(30)21-27)34(7)25(6)38-29(20-32)24(5)26-12-10-22(3)11-13-26;1-5-3-6(2)4-5;1-2/h8,10-13,19,21H,1,6,9,14-18H2,2-5,7H3;5H,3-4H2,1-2H3;1-2H3/b29-24+;;. The summed E-state index contributed by atoms with van der Waals surface area (Å²) in [5.74, 6) is 1.97. The van der Waals surface area contributed by atoms with Crippen LogP contribution in [0.4, 0.5) is 11.5 Å². The van der Waals surface area contributed by atoms with Gasteiger partial charge in [0.05, 0.1) is 21.3 Å². The molecule has 0 saturated carbocycles. The van der Waals surface area contributed by atoms with Crippen LogP contribution in [-0.4, -0.2) is 79.1 Å². The largest absolute Gasteiger partial charge is 0.368 e. The number of aromatic nitrogens is 2. The van der Waals surface area contributed by atoms with Gasteiger partial charge in [0.15, 0.2) is 0 Å². The third kappa shape index (κ3) is 9.06. The molecular weight excluding hydrogens is 587 g/mol. The topological polar surface area (TPSA) is 54.1 Å². The number of aryl methyl sites for hydroxylation is 3. The van der Waals surface area contributed by atoms with Gasteiger partial charge in [-0.3, -0.25) is 9.30 Å². The Kier molecular flexibility index (Phi) is 14.0. The molecule has 248 valence electrons. The van der Waals surface area contributed by atoms with Crippen LogP contribution < -0.4 is 9.80 Å². The molecule has 0 radical (unpaired) electrons. The second-order valence-corrected chi connectivity index (χ2v) is 13.3. The highest BCUT2D eigenvalue weighted by atomic mass is 32.2. The molecule has 2 aromatic heterocycles. The van der Waals surface area contributed by atoms with Gasteiger partial charge in [-0.05, 0) is 62.9 Å². The first-order chi connectivity index (χ1) is 22.1. The average molecular weight is 642 g/mol. The Labute approximate surface area is 282 Å². The molecule has 7 nitrogen and oxygen atoms in total. The Hall–Kier alpha value is -3.51. The molecule has 46 heavy (non-hydrogen) atoms. The zero-order chi connectivity index (χ0) is 34.0. The van der Waals surface area contributed by atoms with Crippen LogP contribution in [0.3, 0.4) is 0 Å². The number of nitriles is 1. The maximum atomic E-state index is 10.00. The summed E-state index contributed by atoms with van der Waals surface area (Å²) in [5.41, 5.74) is 7.53. The first-order valence-corrected chi connectivity index (χ1v) is 17.4. The lowest BCUT2D eigenvalue weighted by Gasteiger charge is -2.35. The molecule has 3 aromatic rings. The molecule has 2 saturated heterocycles. The number of fused-ring (bicyclic) bond motifs is 1. The Balaban J connectivity index is 0.000000636. The predicted octanol–water partition coefficient (Wildman–Crippen LogP) is 8.01. The van der Waals surface area contributed by atoms with E-state index in [2.05, 4.69) is 114 Å². The highest BCUT2D eigenvalue weighted by molar-refractivity contribution is 8.07. The van der Waals surface area contributed by atoms with Crippen LogP contribution >= 0.6 is 11.8 Å². The summed E-state index contributed by atoms with van der Waals surface area (Å²) in [6.45, 7) is 30.4. The van der Waals surface area contributed by atoms with Crippen molar-refractivity contribution in [1.82, 2.24) is 19.2 Å². The van der Waals surface area contributed by atoms with Crippen molar-refractivity contribution in [2.24, 2.45) is 5.92 Å². The van der Waals surface area contributed by atoms with E-state index >= 15 is 0 Å². The van der Waals surface area contributed by atoms with Gasteiger partial charge < -0.3 is 14.7 Å². The number of hydrogen-bond acceptors (Lipinski definition) is 7. The summed E-state index contributed by atoms with van der Waals surface area (Å²) in [7, 11) is 4.17. The van der Waals surface area contributed by atoms with Crippen LogP contribution in [0.25, 0.3) is 11.2 Å². The van der Waals surface area contributed by atoms with Crippen molar-refractivity contribution < 1.29 is 0 Å². The summed E-state index contributed by atoms with van der Waals surface area (Å²) in [4.78, 5) is 14.9. The molecule has 1 aromatic carbocycles. The molecule has 0 spiro atoms. The maximum absolute atomic E-state index is 10.00. The number of imidazole rings is 1. The molecule has 2 aliphatic rings. The number of allylic oxidation sites excluding steroid dienone is 2. The zero-order valence-electron chi connectivity index (χ0n) is 29.7. The minimum Gasteiger partial charge on any atom is -0.368 e. The van der Waals surface area contributed by atoms with Gasteiger partial charge in [0, 0.05) is 59.1 Å². The van der Waals surface area contributed by atoms with Gasteiger partial charge in [0.1, 0.15) is 17.5 Å². The highest BCUT2D eigenvalue weighted by Crippen LogP contribution is 2.36. The van der Waals surface area contributed by atoms with Gasteiger partial charge in [-0.25, -0.2) is 4.98 Å². The molecule has 2 aliphatic heterocycles. The lowest BCUT2D eigenvalue weighted by molar-refractivity contribution is 0.149. The van der Waals surface area contributed by atoms with Gasteiger partial charge in [-0.2, -0.15) is 5.26 Å². The summed E-state index contributed by atoms with van der Waals surface area (Å²) in [6, 6.07) is 12.9. The number of anilines is 2. The van der Waals surface area contributed by atoms with Crippen LogP contribution in [0.5, 0.6) is 0 Å². The molecule has 4 heterocycles. The smallest absolute Gasteiger partial charge is 0.141 e. The van der Waals surface area contributed by atoms with Crippen LogP contribution in [0.2, 0.25) is 0 Å². The molecule has 0 N–H and O–H groups in total. The Bertz CT molecular complexity index is 1530. The minimum absolute atomic E-state index is 0.645. The monoisotopic (exact) mass is 641 g/mol. The van der Waals surface area contributed by atoms with Gasteiger partial charge in [0.25, 0.3) is 0 Å². The van der Waals surface area contributed by atoms with E-state index in [-0.39, 0.29) is 0 Å². The van der Waals surface area contributed by atoms with E-state index in [1.165, 1.54) is 36.1 Å². The van der Waals surface area contributed by atoms with E-state index in [1.54, 1.807) is 0 Å². The number of pyridine rings is 1. The Morgan fingerprint density at radius 3 is 2.26 bits per heavy atom. The number of thioether (sulfide) groups is 1. The van der Waals surface area contributed by atoms with Crippen LogP contribution in [0.1, 0.15) is 57.0 Å². The molecule has 5 rings (SSSR count). The normalized spacial score (nSPS) is 15.9.